The zero-order valence-electron chi connectivity index (χ0n) is 10.0. The van der Waals surface area contributed by atoms with Gasteiger partial charge in [0.1, 0.15) is 6.33 Å². The minimum atomic E-state index is 0.772. The first-order valence-corrected chi connectivity index (χ1v) is 5.81. The van der Waals surface area contributed by atoms with Crippen molar-refractivity contribution in [3.8, 4) is 0 Å². The molecule has 0 unspecified atom stereocenters. The minimum absolute atomic E-state index is 0.772. The molecule has 0 saturated carbocycles. The molecular weight excluding hydrogens is 188 g/mol. The van der Waals surface area contributed by atoms with E-state index in [4.69, 9.17) is 0 Å². The summed E-state index contributed by atoms with van der Waals surface area (Å²) in [4.78, 5) is 4.24. The molecule has 0 bridgehead atoms. The van der Waals surface area contributed by atoms with Crippen LogP contribution in [0.3, 0.4) is 0 Å². The molecule has 86 valence electrons. The Morgan fingerprint density at radius 2 is 2.27 bits per heavy atom. The summed E-state index contributed by atoms with van der Waals surface area (Å²) in [5, 5.41) is 7.60. The van der Waals surface area contributed by atoms with Crippen molar-refractivity contribution in [3.05, 3.63) is 12.2 Å². The van der Waals surface area contributed by atoms with Crippen LogP contribution in [-0.2, 0) is 13.1 Å². The van der Waals surface area contributed by atoms with E-state index < -0.39 is 0 Å². The molecule has 1 N–H and O–H groups in total. The van der Waals surface area contributed by atoms with Gasteiger partial charge < -0.3 is 5.32 Å². The fourth-order valence-corrected chi connectivity index (χ4v) is 1.42. The molecule has 1 aromatic heterocycles. The van der Waals surface area contributed by atoms with Crippen LogP contribution in [0.1, 0.15) is 39.4 Å². The fraction of sp³-hybridized carbons (Fsp3) is 0.818. The second-order valence-corrected chi connectivity index (χ2v) is 4.24. The quantitative estimate of drug-likeness (QED) is 0.746. The first-order valence-electron chi connectivity index (χ1n) is 5.81. The Bertz CT molecular complexity index is 267. The number of nitrogens with one attached hydrogen (secondary N) is 1. The van der Waals surface area contributed by atoms with E-state index in [9.17, 15) is 0 Å². The van der Waals surface area contributed by atoms with Crippen molar-refractivity contribution >= 4 is 0 Å². The maximum Gasteiger partial charge on any atom is 0.164 e. The highest BCUT2D eigenvalue weighted by molar-refractivity contribution is 4.80. The molecular formula is C11H22N4. The molecule has 0 aliphatic heterocycles. The van der Waals surface area contributed by atoms with Gasteiger partial charge in [-0.1, -0.05) is 20.8 Å². The van der Waals surface area contributed by atoms with Gasteiger partial charge in [0.15, 0.2) is 5.82 Å². The van der Waals surface area contributed by atoms with Gasteiger partial charge >= 0.3 is 0 Å². The first kappa shape index (κ1) is 12.2. The molecule has 4 nitrogen and oxygen atoms in total. The van der Waals surface area contributed by atoms with Crippen LogP contribution < -0.4 is 5.32 Å². The van der Waals surface area contributed by atoms with E-state index in [0.29, 0.717) is 0 Å². The second kappa shape index (κ2) is 6.56. The van der Waals surface area contributed by atoms with Crippen molar-refractivity contribution in [2.24, 2.45) is 5.92 Å². The van der Waals surface area contributed by atoms with Crippen LogP contribution in [0, 0.1) is 5.92 Å². The summed E-state index contributed by atoms with van der Waals surface area (Å²) in [6.07, 6.45) is 4.26. The van der Waals surface area contributed by atoms with Crippen LogP contribution in [-0.4, -0.2) is 21.3 Å². The van der Waals surface area contributed by atoms with Crippen molar-refractivity contribution < 1.29 is 0 Å². The minimum Gasteiger partial charge on any atom is -0.310 e. The van der Waals surface area contributed by atoms with Crippen molar-refractivity contribution in [1.82, 2.24) is 20.1 Å². The molecule has 0 aromatic carbocycles. The Hall–Kier alpha value is -0.900. The number of hydrogen-bond donors (Lipinski definition) is 1. The third-order valence-corrected chi connectivity index (χ3v) is 2.29. The van der Waals surface area contributed by atoms with Gasteiger partial charge in [-0.2, -0.15) is 5.10 Å². The van der Waals surface area contributed by atoms with Gasteiger partial charge in [0.05, 0.1) is 6.54 Å². The fourth-order valence-electron chi connectivity index (χ4n) is 1.42. The van der Waals surface area contributed by atoms with Gasteiger partial charge in [-0.25, -0.2) is 4.98 Å². The monoisotopic (exact) mass is 210 g/mol. The number of aromatic nitrogens is 3. The van der Waals surface area contributed by atoms with Crippen molar-refractivity contribution in [1.29, 1.82) is 0 Å². The molecule has 0 aliphatic carbocycles. The van der Waals surface area contributed by atoms with Crippen LogP contribution in [0.15, 0.2) is 6.33 Å². The average molecular weight is 210 g/mol. The molecule has 0 amide bonds. The standard InChI is InChI=1S/C11H22N4/c1-4-12-8-11-13-9-15(14-11)7-5-6-10(2)3/h9-10,12H,4-8H2,1-3H3. The molecule has 0 saturated heterocycles. The summed E-state index contributed by atoms with van der Waals surface area (Å²) in [6.45, 7) is 9.29. The molecule has 1 rings (SSSR count). The second-order valence-electron chi connectivity index (χ2n) is 4.24. The number of aryl methyl sites for hydroxylation is 1. The van der Waals surface area contributed by atoms with Gasteiger partial charge in [0, 0.05) is 6.54 Å². The topological polar surface area (TPSA) is 42.7 Å². The largest absolute Gasteiger partial charge is 0.310 e. The number of hydrogen-bond acceptors (Lipinski definition) is 3. The Kier molecular flexibility index (Phi) is 5.32. The zero-order chi connectivity index (χ0) is 11.1. The van der Waals surface area contributed by atoms with Crippen molar-refractivity contribution in [3.63, 3.8) is 0 Å². The molecule has 1 aromatic rings. The Balaban J connectivity index is 2.26. The van der Waals surface area contributed by atoms with Crippen molar-refractivity contribution in [2.45, 2.75) is 46.7 Å². The molecule has 15 heavy (non-hydrogen) atoms. The van der Waals surface area contributed by atoms with E-state index in [1.165, 1.54) is 12.8 Å². The maximum atomic E-state index is 4.39. The highest BCUT2D eigenvalue weighted by atomic mass is 15.3. The first-order chi connectivity index (χ1) is 7.22. The number of nitrogens with zero attached hydrogens (tertiary/aromatic N) is 3. The SMILES string of the molecule is CCNCc1ncn(CCCC(C)C)n1. The molecule has 4 heteroatoms. The summed E-state index contributed by atoms with van der Waals surface area (Å²) in [5.41, 5.74) is 0. The van der Waals surface area contributed by atoms with Gasteiger partial charge in [0.25, 0.3) is 0 Å². The zero-order valence-corrected chi connectivity index (χ0v) is 10.0. The highest BCUT2D eigenvalue weighted by Gasteiger charge is 2.00. The molecule has 0 fully saturated rings. The van der Waals surface area contributed by atoms with Crippen LogP contribution in [0.4, 0.5) is 0 Å². The highest BCUT2D eigenvalue weighted by Crippen LogP contribution is 2.04. The van der Waals surface area contributed by atoms with E-state index in [0.717, 1.165) is 31.4 Å². The lowest BCUT2D eigenvalue weighted by atomic mass is 10.1. The van der Waals surface area contributed by atoms with Crippen LogP contribution in [0.5, 0.6) is 0 Å². The van der Waals surface area contributed by atoms with Crippen LogP contribution >= 0.6 is 0 Å². The summed E-state index contributed by atoms with van der Waals surface area (Å²) >= 11 is 0. The summed E-state index contributed by atoms with van der Waals surface area (Å²) < 4.78 is 1.94. The summed E-state index contributed by atoms with van der Waals surface area (Å²) in [7, 11) is 0. The molecule has 0 spiro atoms. The predicted molar refractivity (Wildman–Crippen MR) is 61.5 cm³/mol. The molecule has 1 heterocycles. The van der Waals surface area contributed by atoms with Crippen LogP contribution in [0.25, 0.3) is 0 Å². The van der Waals surface area contributed by atoms with Gasteiger partial charge in [-0.15, -0.1) is 0 Å². The summed E-state index contributed by atoms with van der Waals surface area (Å²) in [5.74, 6) is 1.66. The third-order valence-electron chi connectivity index (χ3n) is 2.29. The third kappa shape index (κ3) is 4.93. The van der Waals surface area contributed by atoms with E-state index in [1.807, 2.05) is 11.0 Å². The molecule has 0 radical (unpaired) electrons. The lowest BCUT2D eigenvalue weighted by Gasteiger charge is -2.03. The van der Waals surface area contributed by atoms with Crippen molar-refractivity contribution in [2.75, 3.05) is 6.54 Å². The van der Waals surface area contributed by atoms with Gasteiger partial charge in [-0.3, -0.25) is 4.68 Å². The average Bonchev–Trinajstić information content (AvgIpc) is 2.62. The normalized spacial score (nSPS) is 11.2. The predicted octanol–water partition coefficient (Wildman–Crippen LogP) is 1.82. The Morgan fingerprint density at radius 1 is 1.47 bits per heavy atom. The van der Waals surface area contributed by atoms with Crippen LogP contribution in [0.2, 0.25) is 0 Å². The smallest absolute Gasteiger partial charge is 0.164 e. The Labute approximate surface area is 92.1 Å². The van der Waals surface area contributed by atoms with E-state index in [-0.39, 0.29) is 0 Å². The maximum absolute atomic E-state index is 4.39. The molecule has 0 aliphatic rings. The van der Waals surface area contributed by atoms with E-state index in [1.54, 1.807) is 0 Å². The molecule has 0 atom stereocenters. The van der Waals surface area contributed by atoms with E-state index >= 15 is 0 Å². The summed E-state index contributed by atoms with van der Waals surface area (Å²) in [6, 6.07) is 0. The number of rotatable bonds is 7. The lowest BCUT2D eigenvalue weighted by Crippen LogP contribution is -2.13. The Morgan fingerprint density at radius 3 is 2.93 bits per heavy atom. The van der Waals surface area contributed by atoms with E-state index in [2.05, 4.69) is 36.2 Å². The van der Waals surface area contributed by atoms with Gasteiger partial charge in [-0.05, 0) is 25.3 Å². The lowest BCUT2D eigenvalue weighted by molar-refractivity contribution is 0.486. The van der Waals surface area contributed by atoms with Gasteiger partial charge in [0.2, 0.25) is 0 Å².